The highest BCUT2D eigenvalue weighted by molar-refractivity contribution is 5.84. The van der Waals surface area contributed by atoms with E-state index in [1.807, 2.05) is 24.3 Å². The molecule has 2 aromatic rings. The maximum Gasteiger partial charge on any atom is 0.223 e. The molecule has 6 nitrogen and oxygen atoms in total. The Morgan fingerprint density at radius 1 is 1.03 bits per heavy atom. The number of ether oxygens (including phenoxy) is 3. The number of carbonyl (C=O) groups excluding carboxylic acids is 1. The third-order valence-corrected chi connectivity index (χ3v) is 6.34. The van der Waals surface area contributed by atoms with Gasteiger partial charge in [0.15, 0.2) is 11.5 Å². The van der Waals surface area contributed by atoms with Gasteiger partial charge >= 0.3 is 0 Å². The van der Waals surface area contributed by atoms with E-state index in [9.17, 15) is 4.79 Å². The fourth-order valence-electron chi connectivity index (χ4n) is 4.73. The van der Waals surface area contributed by atoms with Crippen molar-refractivity contribution >= 4 is 17.7 Å². The van der Waals surface area contributed by atoms with Gasteiger partial charge in [-0.05, 0) is 35.4 Å². The van der Waals surface area contributed by atoms with Gasteiger partial charge in [-0.25, -0.2) is 0 Å². The molecule has 158 valence electrons. The summed E-state index contributed by atoms with van der Waals surface area (Å²) in [7, 11) is 4.79. The minimum absolute atomic E-state index is 0.0571. The second-order valence-corrected chi connectivity index (χ2v) is 8.15. The Morgan fingerprint density at radius 3 is 2.33 bits per heavy atom. The van der Waals surface area contributed by atoms with Crippen molar-refractivity contribution in [3.63, 3.8) is 0 Å². The number of amides is 1. The average molecular weight is 408 g/mol. The van der Waals surface area contributed by atoms with Crippen LogP contribution in [0, 0.1) is 0 Å². The number of benzene rings is 2. The molecule has 0 saturated carbocycles. The van der Waals surface area contributed by atoms with Crippen LogP contribution in [0.5, 0.6) is 17.2 Å². The first-order valence-electron chi connectivity index (χ1n) is 10.1. The van der Waals surface area contributed by atoms with E-state index < -0.39 is 5.66 Å². The number of rotatable bonds is 5. The lowest BCUT2D eigenvalue weighted by Crippen LogP contribution is -2.68. The Kier molecular flexibility index (Phi) is 4.88. The van der Waals surface area contributed by atoms with Gasteiger partial charge in [0.25, 0.3) is 0 Å². The summed E-state index contributed by atoms with van der Waals surface area (Å²) in [6.45, 7) is 5.03. The second-order valence-electron chi connectivity index (χ2n) is 8.15. The molecule has 1 atom stereocenters. The first kappa shape index (κ1) is 20.1. The van der Waals surface area contributed by atoms with Crippen molar-refractivity contribution in [3.8, 4) is 17.2 Å². The van der Waals surface area contributed by atoms with Crippen LogP contribution < -0.4 is 24.4 Å². The normalized spacial score (nSPS) is 21.8. The molecule has 6 heteroatoms. The molecule has 0 aliphatic carbocycles. The largest absolute Gasteiger partial charge is 0.493 e. The first-order valence-corrected chi connectivity index (χ1v) is 10.1. The van der Waals surface area contributed by atoms with Crippen molar-refractivity contribution in [2.45, 2.75) is 31.3 Å². The number of fused-ring (bicyclic) bond motifs is 3. The molecule has 1 N–H and O–H groups in total. The molecule has 0 radical (unpaired) electrons. The number of hydrogen-bond acceptors (Lipinski definition) is 5. The summed E-state index contributed by atoms with van der Waals surface area (Å²) in [5.74, 6) is 1.79. The lowest BCUT2D eigenvalue weighted by molar-refractivity contribution is -0.124. The maximum atomic E-state index is 12.5. The standard InChI is InChI=1S/C24H28N2O4/c1-23(2)17-8-6-7-9-18(17)26-13-11-21(27)25-24(23,26)12-10-16-14-19(28-3)22(30-5)20(15-16)29-4/h6-10,12,14-15H,11,13H2,1-5H3,(H,25,27)/t24-/m1/s1. The van der Waals surface area contributed by atoms with Gasteiger partial charge in [0.1, 0.15) is 5.66 Å². The van der Waals surface area contributed by atoms with Crippen molar-refractivity contribution in [2.24, 2.45) is 0 Å². The molecule has 0 aromatic heterocycles. The van der Waals surface area contributed by atoms with Crippen molar-refractivity contribution in [2.75, 3.05) is 32.8 Å². The van der Waals surface area contributed by atoms with Crippen LogP contribution in [0.4, 0.5) is 5.69 Å². The van der Waals surface area contributed by atoms with Gasteiger partial charge in [-0.15, -0.1) is 0 Å². The minimum Gasteiger partial charge on any atom is -0.493 e. The molecule has 1 amide bonds. The predicted octanol–water partition coefficient (Wildman–Crippen LogP) is 3.74. The molecular weight excluding hydrogens is 380 g/mol. The Hall–Kier alpha value is -3.15. The predicted molar refractivity (Wildman–Crippen MR) is 117 cm³/mol. The monoisotopic (exact) mass is 408 g/mol. The molecule has 4 rings (SSSR count). The third kappa shape index (κ3) is 2.82. The van der Waals surface area contributed by atoms with Crippen LogP contribution in [-0.4, -0.2) is 39.4 Å². The summed E-state index contributed by atoms with van der Waals surface area (Å²) in [6, 6.07) is 12.2. The van der Waals surface area contributed by atoms with Crippen molar-refractivity contribution < 1.29 is 19.0 Å². The summed E-state index contributed by atoms with van der Waals surface area (Å²) in [6.07, 6.45) is 4.58. The van der Waals surface area contributed by atoms with Gasteiger partial charge in [0.05, 0.1) is 21.3 Å². The minimum atomic E-state index is -0.660. The summed E-state index contributed by atoms with van der Waals surface area (Å²) in [5.41, 5.74) is 2.30. The number of para-hydroxylation sites is 1. The molecule has 0 spiro atoms. The summed E-state index contributed by atoms with van der Waals surface area (Å²) < 4.78 is 16.4. The molecular formula is C24H28N2O4. The van der Waals surface area contributed by atoms with Crippen LogP contribution in [0.25, 0.3) is 6.08 Å². The Bertz CT molecular complexity index is 989. The van der Waals surface area contributed by atoms with Crippen LogP contribution in [0.15, 0.2) is 42.5 Å². The Labute approximate surface area is 177 Å². The molecule has 1 saturated heterocycles. The van der Waals surface area contributed by atoms with Crippen LogP contribution in [0.3, 0.4) is 0 Å². The fraction of sp³-hybridized carbons (Fsp3) is 0.375. The molecule has 2 heterocycles. The third-order valence-electron chi connectivity index (χ3n) is 6.34. The average Bonchev–Trinajstić information content (AvgIpc) is 2.95. The zero-order valence-electron chi connectivity index (χ0n) is 18.1. The summed E-state index contributed by atoms with van der Waals surface area (Å²) in [4.78, 5) is 14.8. The number of anilines is 1. The number of nitrogens with zero attached hydrogens (tertiary/aromatic N) is 1. The Morgan fingerprint density at radius 2 is 1.70 bits per heavy atom. The van der Waals surface area contributed by atoms with E-state index in [4.69, 9.17) is 14.2 Å². The van der Waals surface area contributed by atoms with Crippen LogP contribution >= 0.6 is 0 Å². The van der Waals surface area contributed by atoms with Gasteiger partial charge < -0.3 is 24.4 Å². The molecule has 0 unspecified atom stereocenters. The number of nitrogens with one attached hydrogen (secondary N) is 1. The van der Waals surface area contributed by atoms with Crippen molar-refractivity contribution in [3.05, 3.63) is 53.6 Å². The van der Waals surface area contributed by atoms with Crippen molar-refractivity contribution in [1.29, 1.82) is 0 Å². The number of hydrogen-bond donors (Lipinski definition) is 1. The van der Waals surface area contributed by atoms with E-state index in [-0.39, 0.29) is 11.3 Å². The lowest BCUT2D eigenvalue weighted by Gasteiger charge is -2.49. The zero-order chi connectivity index (χ0) is 21.5. The van der Waals surface area contributed by atoms with Crippen LogP contribution in [0.2, 0.25) is 0 Å². The number of carbonyl (C=O) groups is 1. The van der Waals surface area contributed by atoms with E-state index in [1.54, 1.807) is 21.3 Å². The van der Waals surface area contributed by atoms with Crippen LogP contribution in [-0.2, 0) is 10.2 Å². The van der Waals surface area contributed by atoms with E-state index in [0.717, 1.165) is 11.3 Å². The highest BCUT2D eigenvalue weighted by Gasteiger charge is 2.57. The van der Waals surface area contributed by atoms with E-state index in [1.165, 1.54) is 5.56 Å². The smallest absolute Gasteiger partial charge is 0.223 e. The molecule has 2 aliphatic heterocycles. The van der Waals surface area contributed by atoms with Gasteiger partial charge in [-0.3, -0.25) is 4.79 Å². The maximum absolute atomic E-state index is 12.5. The van der Waals surface area contributed by atoms with E-state index >= 15 is 0 Å². The summed E-state index contributed by atoms with van der Waals surface area (Å²) >= 11 is 0. The Balaban J connectivity index is 1.82. The fourth-order valence-corrected chi connectivity index (χ4v) is 4.73. The van der Waals surface area contributed by atoms with E-state index in [0.29, 0.717) is 30.2 Å². The van der Waals surface area contributed by atoms with Crippen LogP contribution in [0.1, 0.15) is 31.4 Å². The van der Waals surface area contributed by atoms with Gasteiger partial charge in [-0.1, -0.05) is 38.1 Å². The quantitative estimate of drug-likeness (QED) is 0.817. The molecule has 0 bridgehead atoms. The topological polar surface area (TPSA) is 60.0 Å². The second kappa shape index (κ2) is 7.27. The number of methoxy groups -OCH3 is 3. The van der Waals surface area contributed by atoms with Gasteiger partial charge in [0.2, 0.25) is 11.7 Å². The molecule has 30 heavy (non-hydrogen) atoms. The molecule has 2 aromatic carbocycles. The molecule has 2 aliphatic rings. The van der Waals surface area contributed by atoms with E-state index in [2.05, 4.69) is 48.3 Å². The van der Waals surface area contributed by atoms with Gasteiger partial charge in [-0.2, -0.15) is 0 Å². The molecule has 1 fully saturated rings. The first-order chi connectivity index (χ1) is 14.4. The summed E-state index contributed by atoms with van der Waals surface area (Å²) in [5, 5.41) is 3.29. The highest BCUT2D eigenvalue weighted by atomic mass is 16.5. The SMILES string of the molecule is COc1cc(C=C[C@@]23NC(=O)CCN2c2ccccc2C3(C)C)cc(OC)c1OC. The van der Waals surface area contributed by atoms with Gasteiger partial charge in [0, 0.05) is 24.1 Å². The van der Waals surface area contributed by atoms with Crippen molar-refractivity contribution in [1.82, 2.24) is 5.32 Å². The zero-order valence-corrected chi connectivity index (χ0v) is 18.1. The highest BCUT2D eigenvalue weighted by Crippen LogP contribution is 2.52. The lowest BCUT2D eigenvalue weighted by atomic mass is 9.74.